The molecule has 2 aliphatic rings. The van der Waals surface area contributed by atoms with Crippen molar-refractivity contribution < 1.29 is 55.1 Å². The maximum absolute atomic E-state index is 12.9. The van der Waals surface area contributed by atoms with E-state index in [1.54, 1.807) is 0 Å². The zero-order valence-corrected chi connectivity index (χ0v) is 19.4. The zero-order valence-electron chi connectivity index (χ0n) is 18.6. The first kappa shape index (κ1) is 27.9. The van der Waals surface area contributed by atoms with E-state index in [4.69, 9.17) is 4.74 Å². The molecule has 34 heavy (non-hydrogen) atoms. The summed E-state index contributed by atoms with van der Waals surface area (Å²) in [4.78, 5) is 26.7. The van der Waals surface area contributed by atoms with Crippen molar-refractivity contribution in [2.45, 2.75) is 36.8 Å². The van der Waals surface area contributed by atoms with Crippen LogP contribution in [0.3, 0.4) is 0 Å². The molecule has 0 radical (unpaired) electrons. The predicted octanol–water partition coefficient (Wildman–Crippen LogP) is -1.43. The fourth-order valence-electron chi connectivity index (χ4n) is 3.22. The molecule has 0 spiro atoms. The molecule has 1 heterocycles. The number of carbonyl (C=O) groups excluding carboxylic acids is 2. The summed E-state index contributed by atoms with van der Waals surface area (Å²) in [6, 6.07) is 4.98. The first-order chi connectivity index (χ1) is 15.6. The molecule has 1 aromatic rings. The van der Waals surface area contributed by atoms with Crippen LogP contribution in [-0.4, -0.2) is 75.5 Å². The Labute approximate surface area is 208 Å². The van der Waals surface area contributed by atoms with Crippen molar-refractivity contribution >= 4 is 21.8 Å². The Morgan fingerprint density at radius 2 is 1.91 bits per heavy atom. The third-order valence-corrected chi connectivity index (χ3v) is 6.73. The van der Waals surface area contributed by atoms with Gasteiger partial charge in [-0.05, 0) is 32.0 Å². The molecule has 0 bridgehead atoms. The molecule has 3 amide bonds. The maximum Gasteiger partial charge on any atom is 1.00 e. The van der Waals surface area contributed by atoms with E-state index in [0.29, 0.717) is 12.8 Å². The third-order valence-electron chi connectivity index (χ3n) is 5.15. The average molecular weight is 492 g/mol. The summed E-state index contributed by atoms with van der Waals surface area (Å²) in [7, 11) is -4.11. The summed E-state index contributed by atoms with van der Waals surface area (Å²) in [5.74, 6) is -2.72. The second kappa shape index (κ2) is 11.8. The molecule has 180 valence electrons. The molecule has 2 fully saturated rings. The topological polar surface area (TPSA) is 140 Å². The van der Waals surface area contributed by atoms with Crippen LogP contribution in [0, 0.1) is 11.3 Å². The minimum Gasteiger partial charge on any atom is -0.435 e. The Balaban J connectivity index is 0.00000408. The zero-order chi connectivity index (χ0) is 24.1. The Bertz CT molecular complexity index is 1030. The van der Waals surface area contributed by atoms with Crippen LogP contribution in [0.4, 0.5) is 13.6 Å². The number of sulfone groups is 1. The Hall–Kier alpha value is -2.38. The number of rotatable bonds is 9. The Morgan fingerprint density at radius 3 is 2.50 bits per heavy atom. The molecule has 3 rings (SSSR count). The molecule has 10 nitrogen and oxygen atoms in total. The second-order valence-electron chi connectivity index (χ2n) is 7.75. The minimum atomic E-state index is -4.11. The molecule has 0 aromatic heterocycles. The first-order valence-electron chi connectivity index (χ1n) is 10.2. The van der Waals surface area contributed by atoms with Crippen LogP contribution >= 0.6 is 0 Å². The molecule has 1 atom stereocenters. The number of hydrogen-bond acceptors (Lipinski definition) is 7. The fraction of sp³-hybridized carbons (Fsp3) is 0.550. The number of alkyl halides is 2. The predicted molar refractivity (Wildman–Crippen MR) is 111 cm³/mol. The van der Waals surface area contributed by atoms with Crippen LogP contribution in [0.2, 0.25) is 0 Å². The summed E-state index contributed by atoms with van der Waals surface area (Å²) in [5, 5.41) is 15.5. The van der Waals surface area contributed by atoms with Crippen LogP contribution in [0.1, 0.15) is 18.4 Å². The van der Waals surface area contributed by atoms with E-state index < -0.39 is 51.5 Å². The van der Waals surface area contributed by atoms with Crippen LogP contribution in [0.25, 0.3) is 5.32 Å². The number of ether oxygens (including phenoxy) is 2. The van der Waals surface area contributed by atoms with E-state index >= 15 is 0 Å². The van der Waals surface area contributed by atoms with Gasteiger partial charge in [-0.15, -0.1) is 0 Å². The van der Waals surface area contributed by atoms with Gasteiger partial charge in [-0.1, -0.05) is 18.2 Å². The molecule has 1 saturated heterocycles. The van der Waals surface area contributed by atoms with Crippen molar-refractivity contribution in [2.24, 2.45) is 0 Å². The van der Waals surface area contributed by atoms with Gasteiger partial charge < -0.3 is 25.0 Å². The van der Waals surface area contributed by atoms with Gasteiger partial charge in [0.2, 0.25) is 5.91 Å². The molecule has 0 unspecified atom stereocenters. The summed E-state index contributed by atoms with van der Waals surface area (Å²) in [6.07, 6.45) is 0.814. The molecule has 1 aromatic carbocycles. The molecule has 1 aliphatic carbocycles. The van der Waals surface area contributed by atoms with Crippen LogP contribution in [-0.2, 0) is 25.1 Å². The van der Waals surface area contributed by atoms with E-state index in [1.807, 2.05) is 6.07 Å². The van der Waals surface area contributed by atoms with Gasteiger partial charge in [0.05, 0.1) is 23.6 Å². The van der Waals surface area contributed by atoms with Gasteiger partial charge in [0, 0.05) is 18.8 Å². The SMILES string of the molecule is N#CC1(NC(=O)[C@H](CS(=O)(=O)Cc2ccccc2OC(F)F)[N-]C(=O)N2CCOCC2)CC1.[Li+]. The fourth-order valence-corrected chi connectivity index (χ4v) is 4.76. The van der Waals surface area contributed by atoms with Crippen LogP contribution in [0.5, 0.6) is 5.75 Å². The van der Waals surface area contributed by atoms with Crippen molar-refractivity contribution in [3.8, 4) is 11.8 Å². The van der Waals surface area contributed by atoms with Crippen molar-refractivity contribution in [3.63, 3.8) is 0 Å². The number of benzene rings is 1. The van der Waals surface area contributed by atoms with Gasteiger partial charge in [0.25, 0.3) is 0 Å². The molecular weight excluding hydrogens is 469 g/mol. The molecular formula is C20H23F2LiN4O6S. The van der Waals surface area contributed by atoms with E-state index in [9.17, 15) is 32.0 Å². The molecule has 14 heteroatoms. The summed E-state index contributed by atoms with van der Waals surface area (Å²) >= 11 is 0. The van der Waals surface area contributed by atoms with Gasteiger partial charge in [0.15, 0.2) is 15.9 Å². The van der Waals surface area contributed by atoms with Crippen LogP contribution < -0.4 is 28.9 Å². The number of nitrogens with one attached hydrogen (secondary N) is 1. The first-order valence-corrected chi connectivity index (χ1v) is 12.0. The van der Waals surface area contributed by atoms with Gasteiger partial charge in [-0.3, -0.25) is 9.59 Å². The minimum absolute atomic E-state index is 0. The van der Waals surface area contributed by atoms with Gasteiger partial charge >= 0.3 is 25.5 Å². The van der Waals surface area contributed by atoms with Gasteiger partial charge in [-0.2, -0.15) is 14.0 Å². The summed E-state index contributed by atoms with van der Waals surface area (Å²) < 4.78 is 60.6. The normalized spacial score (nSPS) is 17.6. The van der Waals surface area contributed by atoms with Crippen molar-refractivity contribution in [1.82, 2.24) is 10.2 Å². The largest absolute Gasteiger partial charge is 1.00 e. The quantitative estimate of drug-likeness (QED) is 0.417. The van der Waals surface area contributed by atoms with Crippen molar-refractivity contribution in [1.29, 1.82) is 5.26 Å². The number of hydrogen-bond donors (Lipinski definition) is 1. The second-order valence-corrected chi connectivity index (χ2v) is 9.86. The number of halogens is 2. The third kappa shape index (κ3) is 7.84. The monoisotopic (exact) mass is 492 g/mol. The number of morpholine rings is 1. The smallest absolute Gasteiger partial charge is 0.435 e. The Kier molecular flexibility index (Phi) is 9.71. The van der Waals surface area contributed by atoms with Crippen molar-refractivity contribution in [2.75, 3.05) is 32.1 Å². The molecule has 1 aliphatic heterocycles. The number of carbonyl (C=O) groups is 2. The van der Waals surface area contributed by atoms with E-state index in [0.717, 1.165) is 0 Å². The molecule has 1 saturated carbocycles. The summed E-state index contributed by atoms with van der Waals surface area (Å²) in [6.45, 7) is -2.09. The Morgan fingerprint density at radius 1 is 1.26 bits per heavy atom. The number of para-hydroxylation sites is 1. The van der Waals surface area contributed by atoms with Gasteiger partial charge in [0.1, 0.15) is 11.3 Å². The number of nitrogens with zero attached hydrogens (tertiary/aromatic N) is 3. The molecule has 1 N–H and O–H groups in total. The number of nitriles is 1. The van der Waals surface area contributed by atoms with E-state index in [2.05, 4.69) is 15.4 Å². The standard InChI is InChI=1S/C20H24F2N4O6S.Li/c21-18(22)32-16-4-2-1-3-14(16)11-33(29,30)12-15(17(27)25-20(13-23)5-6-20)24-19(28)26-7-9-31-10-8-26;/h1-4,15,18H,5-12H2,(H2,24,25,27,28);/q;+1/p-1/t15-;/m0./s1. The number of amides is 3. The van der Waals surface area contributed by atoms with E-state index in [1.165, 1.54) is 29.2 Å². The summed E-state index contributed by atoms with van der Waals surface area (Å²) in [5.41, 5.74) is -1.11. The number of urea groups is 1. The maximum atomic E-state index is 12.9. The van der Waals surface area contributed by atoms with Gasteiger partial charge in [-0.25, -0.2) is 8.42 Å². The van der Waals surface area contributed by atoms with Crippen LogP contribution in [0.15, 0.2) is 24.3 Å². The average Bonchev–Trinajstić information content (AvgIpc) is 3.54. The van der Waals surface area contributed by atoms with Crippen molar-refractivity contribution in [3.05, 3.63) is 35.1 Å². The van der Waals surface area contributed by atoms with E-state index in [-0.39, 0.29) is 56.5 Å².